The number of benzene rings is 2. The van der Waals surface area contributed by atoms with Crippen molar-refractivity contribution < 1.29 is 45.0 Å². The van der Waals surface area contributed by atoms with Crippen LogP contribution in [0.3, 0.4) is 0 Å². The highest BCUT2D eigenvalue weighted by Gasteiger charge is 2.35. The van der Waals surface area contributed by atoms with Gasteiger partial charge in [-0.2, -0.15) is 26.3 Å². The SMILES string of the molecule is CNN(C)C(C)(C)/C(O)=C(\Cc1cccc(F)c1F)C(=O)Nc1cc(C(F)(F)F)ccc1-c1ccc(C(F)(F)F)nc1. The van der Waals surface area contributed by atoms with E-state index in [9.17, 15) is 45.0 Å². The lowest BCUT2D eigenvalue weighted by atomic mass is 9.92. The number of aliphatic hydroxyl groups excluding tert-OH is 1. The number of alkyl halides is 6. The van der Waals surface area contributed by atoms with Gasteiger partial charge in [-0.3, -0.25) is 15.2 Å². The topological polar surface area (TPSA) is 77.5 Å². The smallest absolute Gasteiger partial charge is 0.433 e. The Hall–Kier alpha value is -4.04. The Balaban J connectivity index is 2.17. The molecule has 0 aliphatic rings. The first-order valence-corrected chi connectivity index (χ1v) is 12.2. The Labute approximate surface area is 235 Å². The van der Waals surface area contributed by atoms with Crippen LogP contribution < -0.4 is 10.7 Å². The molecule has 0 radical (unpaired) electrons. The van der Waals surface area contributed by atoms with Crippen LogP contribution >= 0.6 is 0 Å². The van der Waals surface area contributed by atoms with Crippen LogP contribution in [0.2, 0.25) is 0 Å². The maximum absolute atomic E-state index is 14.6. The molecule has 3 N–H and O–H groups in total. The number of anilines is 1. The number of nitrogens with one attached hydrogen (secondary N) is 2. The lowest BCUT2D eigenvalue weighted by molar-refractivity contribution is -0.141. The van der Waals surface area contributed by atoms with Gasteiger partial charge in [0.15, 0.2) is 11.6 Å². The van der Waals surface area contributed by atoms with Crippen LogP contribution in [-0.4, -0.2) is 40.6 Å². The molecule has 0 bridgehead atoms. The molecule has 0 fully saturated rings. The van der Waals surface area contributed by atoms with Crippen molar-refractivity contribution in [1.29, 1.82) is 0 Å². The highest BCUT2D eigenvalue weighted by atomic mass is 19.4. The average molecular weight is 603 g/mol. The van der Waals surface area contributed by atoms with Gasteiger partial charge in [-0.15, -0.1) is 0 Å². The lowest BCUT2D eigenvalue weighted by Gasteiger charge is -2.35. The van der Waals surface area contributed by atoms with Gasteiger partial charge >= 0.3 is 12.4 Å². The minimum atomic E-state index is -4.86. The number of likely N-dealkylation sites (N-methyl/N-ethyl adjacent to an activating group) is 1. The maximum atomic E-state index is 14.6. The second-order valence-corrected chi connectivity index (χ2v) is 9.70. The first kappa shape index (κ1) is 32.5. The number of aromatic nitrogens is 1. The first-order valence-electron chi connectivity index (χ1n) is 12.2. The number of halogens is 8. The number of hydrazine groups is 1. The van der Waals surface area contributed by atoms with E-state index in [1.807, 2.05) is 0 Å². The number of nitrogens with zero attached hydrogens (tertiary/aromatic N) is 2. The van der Waals surface area contributed by atoms with Gasteiger partial charge < -0.3 is 10.4 Å². The Morgan fingerprint density at radius 3 is 2.19 bits per heavy atom. The zero-order valence-electron chi connectivity index (χ0n) is 22.7. The van der Waals surface area contributed by atoms with Crippen LogP contribution in [0.4, 0.5) is 40.8 Å². The molecule has 0 aliphatic carbocycles. The number of carbonyl (C=O) groups is 1. The summed E-state index contributed by atoms with van der Waals surface area (Å²) in [6.07, 6.45) is -9.52. The van der Waals surface area contributed by atoms with E-state index in [1.54, 1.807) is 0 Å². The summed E-state index contributed by atoms with van der Waals surface area (Å²) in [5.41, 5.74) is -2.55. The standard InChI is InChI=1S/C28H26F8N4O2/c1-26(2,40(4)37-3)24(41)19(12-15-6-5-7-20(29)23(15)30)25(42)39-21-13-17(27(31,32)33)9-10-18(21)16-8-11-22(38-14-16)28(34,35)36/h5-11,13-14,37,41H,12H2,1-4H3,(H,39,42)/b24-19-. The van der Waals surface area contributed by atoms with E-state index in [4.69, 9.17) is 0 Å². The summed E-state index contributed by atoms with van der Waals surface area (Å²) in [6, 6.07) is 6.95. The fraction of sp³-hybridized carbons (Fsp3) is 0.286. The van der Waals surface area contributed by atoms with Crippen molar-refractivity contribution in [2.45, 2.75) is 38.2 Å². The average Bonchev–Trinajstić information content (AvgIpc) is 2.92. The number of aliphatic hydroxyl groups is 1. The van der Waals surface area contributed by atoms with E-state index in [-0.39, 0.29) is 16.7 Å². The third-order valence-electron chi connectivity index (χ3n) is 6.67. The Bertz CT molecular complexity index is 1480. The molecule has 0 spiro atoms. The second-order valence-electron chi connectivity index (χ2n) is 9.70. The van der Waals surface area contributed by atoms with Crippen LogP contribution in [-0.2, 0) is 23.6 Å². The van der Waals surface area contributed by atoms with Crippen LogP contribution in [0.25, 0.3) is 11.1 Å². The number of pyridine rings is 1. The van der Waals surface area contributed by atoms with Gasteiger partial charge in [-0.25, -0.2) is 13.8 Å². The molecule has 2 aromatic carbocycles. The fourth-order valence-electron chi connectivity index (χ4n) is 3.95. The van der Waals surface area contributed by atoms with Crippen molar-refractivity contribution in [3.05, 3.63) is 94.5 Å². The molecule has 226 valence electrons. The molecule has 3 rings (SSSR count). The molecule has 14 heteroatoms. The number of rotatable bonds is 8. The van der Waals surface area contributed by atoms with E-state index in [2.05, 4.69) is 15.7 Å². The molecule has 3 aromatic rings. The van der Waals surface area contributed by atoms with E-state index in [0.29, 0.717) is 18.2 Å². The molecule has 42 heavy (non-hydrogen) atoms. The molecule has 0 saturated heterocycles. The lowest BCUT2D eigenvalue weighted by Crippen LogP contribution is -2.50. The minimum absolute atomic E-state index is 0.0619. The van der Waals surface area contributed by atoms with Crippen LogP contribution in [0.1, 0.15) is 30.7 Å². The second kappa shape index (κ2) is 12.1. The first-order chi connectivity index (χ1) is 19.4. The zero-order valence-corrected chi connectivity index (χ0v) is 22.7. The Kier molecular flexibility index (Phi) is 9.32. The molecular formula is C28H26F8N4O2. The Morgan fingerprint density at radius 2 is 1.64 bits per heavy atom. The molecule has 1 heterocycles. The van der Waals surface area contributed by atoms with E-state index < -0.39 is 70.1 Å². The van der Waals surface area contributed by atoms with Gasteiger partial charge in [0.1, 0.15) is 11.5 Å². The largest absolute Gasteiger partial charge is 0.510 e. The van der Waals surface area contributed by atoms with Crippen LogP contribution in [0.5, 0.6) is 0 Å². The molecular weight excluding hydrogens is 576 g/mol. The molecule has 1 aromatic heterocycles. The molecule has 0 atom stereocenters. The minimum Gasteiger partial charge on any atom is -0.510 e. The van der Waals surface area contributed by atoms with Crippen molar-refractivity contribution >= 4 is 11.6 Å². The highest BCUT2D eigenvalue weighted by molar-refractivity contribution is 6.06. The summed E-state index contributed by atoms with van der Waals surface area (Å²) < 4.78 is 108. The molecule has 0 unspecified atom stereocenters. The maximum Gasteiger partial charge on any atom is 0.433 e. The number of amides is 1. The summed E-state index contributed by atoms with van der Waals surface area (Å²) >= 11 is 0. The zero-order chi connectivity index (χ0) is 31.6. The van der Waals surface area contributed by atoms with Crippen LogP contribution in [0.15, 0.2) is 66.1 Å². The Morgan fingerprint density at radius 1 is 0.976 bits per heavy atom. The van der Waals surface area contributed by atoms with Gasteiger partial charge in [0.25, 0.3) is 5.91 Å². The van der Waals surface area contributed by atoms with Gasteiger partial charge in [0.05, 0.1) is 16.7 Å². The third-order valence-corrected chi connectivity index (χ3v) is 6.67. The van der Waals surface area contributed by atoms with Gasteiger partial charge in [0.2, 0.25) is 0 Å². The molecule has 0 saturated carbocycles. The summed E-state index contributed by atoms with van der Waals surface area (Å²) in [5.74, 6) is -4.32. The van der Waals surface area contributed by atoms with Gasteiger partial charge in [-0.05, 0) is 50.7 Å². The van der Waals surface area contributed by atoms with Gasteiger partial charge in [-0.1, -0.05) is 24.3 Å². The van der Waals surface area contributed by atoms with E-state index in [1.165, 1.54) is 39.0 Å². The highest BCUT2D eigenvalue weighted by Crippen LogP contribution is 2.37. The predicted molar refractivity (Wildman–Crippen MR) is 139 cm³/mol. The van der Waals surface area contributed by atoms with E-state index in [0.717, 1.165) is 30.5 Å². The van der Waals surface area contributed by atoms with Crippen molar-refractivity contribution in [3.8, 4) is 11.1 Å². The van der Waals surface area contributed by atoms with Crippen LogP contribution in [0, 0.1) is 11.6 Å². The summed E-state index contributed by atoms with van der Waals surface area (Å²) in [6.45, 7) is 2.97. The van der Waals surface area contributed by atoms with E-state index >= 15 is 0 Å². The van der Waals surface area contributed by atoms with Gasteiger partial charge in [0, 0.05) is 36.5 Å². The summed E-state index contributed by atoms with van der Waals surface area (Å²) in [4.78, 5) is 16.9. The van der Waals surface area contributed by atoms with Crippen molar-refractivity contribution in [1.82, 2.24) is 15.4 Å². The quantitative estimate of drug-likeness (QED) is 0.113. The van der Waals surface area contributed by atoms with Crippen molar-refractivity contribution in [3.63, 3.8) is 0 Å². The summed E-state index contributed by atoms with van der Waals surface area (Å²) in [5, 5.41) is 14.9. The number of hydrogen-bond donors (Lipinski definition) is 3. The normalized spacial score (nSPS) is 13.3. The predicted octanol–water partition coefficient (Wildman–Crippen LogP) is 6.90. The number of carbonyl (C=O) groups excluding carboxylic acids is 1. The molecule has 1 amide bonds. The third kappa shape index (κ3) is 7.05. The monoisotopic (exact) mass is 602 g/mol. The fourth-order valence-corrected chi connectivity index (χ4v) is 3.95. The molecule has 0 aliphatic heterocycles. The number of hydrogen-bond acceptors (Lipinski definition) is 5. The summed E-state index contributed by atoms with van der Waals surface area (Å²) in [7, 11) is 3.02. The van der Waals surface area contributed by atoms with Crippen molar-refractivity contribution in [2.24, 2.45) is 0 Å². The molecule has 6 nitrogen and oxygen atoms in total. The van der Waals surface area contributed by atoms with Crippen molar-refractivity contribution in [2.75, 3.05) is 19.4 Å².